The molecule has 0 radical (unpaired) electrons. The largest absolute Gasteiger partial charge is 0.387 e. The van der Waals surface area contributed by atoms with Crippen LogP contribution in [0.1, 0.15) is 0 Å². The molecule has 1 rings (SSSR count). The Morgan fingerprint density at radius 2 is 0.800 bits per heavy atom. The van der Waals surface area contributed by atoms with Crippen LogP contribution in [-0.2, 0) is 34.0 Å². The molecule has 0 spiro atoms. The zero-order chi connectivity index (χ0) is 22.7. The van der Waals surface area contributed by atoms with Crippen LogP contribution in [0.2, 0.25) is 0 Å². The molecule has 0 aromatic carbocycles. The topological polar surface area (TPSA) is 214 Å². The smallest absolute Gasteiger partial charge is 0.336 e. The van der Waals surface area contributed by atoms with E-state index in [4.69, 9.17) is 15.3 Å². The standard InChI is InChI=1S/C15H24N6O9/c22-7-10(25)16-1-4-19-13(28)20(5-2-17-11(26)8-23)15(30)21(14(19)29)6-3-18-12(27)9-24/h22-24H,1-9H2,(H,16,25)(H,17,26)(H,18,27). The van der Waals surface area contributed by atoms with Gasteiger partial charge >= 0.3 is 17.1 Å². The Morgan fingerprint density at radius 3 is 1.00 bits per heavy atom. The van der Waals surface area contributed by atoms with Gasteiger partial charge in [-0.05, 0) is 0 Å². The first-order valence-corrected chi connectivity index (χ1v) is 8.84. The van der Waals surface area contributed by atoms with E-state index in [9.17, 15) is 28.8 Å². The molecule has 6 N–H and O–H groups in total. The maximum Gasteiger partial charge on any atom is 0.336 e. The summed E-state index contributed by atoms with van der Waals surface area (Å²) in [5, 5.41) is 32.9. The summed E-state index contributed by atoms with van der Waals surface area (Å²) < 4.78 is 2.04. The van der Waals surface area contributed by atoms with E-state index in [0.717, 1.165) is 0 Å². The Balaban J connectivity index is 3.20. The number of amides is 3. The first kappa shape index (κ1) is 24.7. The lowest BCUT2D eigenvalue weighted by Gasteiger charge is -2.14. The maximum atomic E-state index is 12.6. The average Bonchev–Trinajstić information content (AvgIpc) is 2.74. The molecule has 1 aromatic heterocycles. The van der Waals surface area contributed by atoms with Crippen LogP contribution < -0.4 is 33.0 Å². The number of nitrogens with one attached hydrogen (secondary N) is 3. The van der Waals surface area contributed by atoms with Crippen LogP contribution in [0.15, 0.2) is 14.4 Å². The number of carbonyl (C=O) groups is 3. The van der Waals surface area contributed by atoms with Crippen LogP contribution in [0.4, 0.5) is 0 Å². The van der Waals surface area contributed by atoms with Crippen molar-refractivity contribution in [3.8, 4) is 0 Å². The summed E-state index contributed by atoms with van der Waals surface area (Å²) in [7, 11) is 0. The second-order valence-electron chi connectivity index (χ2n) is 5.83. The van der Waals surface area contributed by atoms with E-state index in [1.807, 2.05) is 0 Å². The number of carbonyl (C=O) groups excluding carboxylic acids is 3. The van der Waals surface area contributed by atoms with Crippen molar-refractivity contribution in [2.24, 2.45) is 0 Å². The second kappa shape index (κ2) is 12.3. The predicted molar refractivity (Wildman–Crippen MR) is 99.5 cm³/mol. The van der Waals surface area contributed by atoms with Crippen LogP contribution in [0.5, 0.6) is 0 Å². The number of hydrogen-bond donors (Lipinski definition) is 6. The van der Waals surface area contributed by atoms with Crippen molar-refractivity contribution in [2.45, 2.75) is 19.6 Å². The van der Waals surface area contributed by atoms with Gasteiger partial charge < -0.3 is 31.3 Å². The third-order valence-electron chi connectivity index (χ3n) is 3.79. The Bertz CT molecular complexity index is 783. The molecule has 15 heteroatoms. The highest BCUT2D eigenvalue weighted by atomic mass is 16.3. The van der Waals surface area contributed by atoms with Crippen molar-refractivity contribution in [2.75, 3.05) is 39.5 Å². The molecule has 1 aromatic rings. The summed E-state index contributed by atoms with van der Waals surface area (Å²) in [5.41, 5.74) is -2.97. The van der Waals surface area contributed by atoms with Crippen LogP contribution in [0.3, 0.4) is 0 Å². The molecule has 15 nitrogen and oxygen atoms in total. The molecule has 0 aliphatic heterocycles. The molecule has 0 fully saturated rings. The molecule has 0 atom stereocenters. The summed E-state index contributed by atoms with van der Waals surface area (Å²) in [5.74, 6) is -2.18. The lowest BCUT2D eigenvalue weighted by Crippen LogP contribution is -2.56. The minimum absolute atomic E-state index is 0.185. The summed E-state index contributed by atoms with van der Waals surface area (Å²) in [6.07, 6.45) is 0. The molecular formula is C15H24N6O9. The number of nitrogens with zero attached hydrogens (tertiary/aromatic N) is 3. The molecule has 3 amide bonds. The van der Waals surface area contributed by atoms with E-state index in [2.05, 4.69) is 16.0 Å². The van der Waals surface area contributed by atoms with E-state index in [0.29, 0.717) is 13.7 Å². The Labute approximate surface area is 168 Å². The van der Waals surface area contributed by atoms with Crippen molar-refractivity contribution < 1.29 is 29.7 Å². The molecule has 0 aliphatic rings. The molecule has 168 valence electrons. The molecule has 0 unspecified atom stereocenters. The first-order chi connectivity index (χ1) is 14.3. The van der Waals surface area contributed by atoms with Crippen LogP contribution in [-0.4, -0.2) is 86.2 Å². The Morgan fingerprint density at radius 1 is 0.567 bits per heavy atom. The number of aromatic nitrogens is 3. The van der Waals surface area contributed by atoms with Crippen molar-refractivity contribution in [1.29, 1.82) is 0 Å². The predicted octanol–water partition coefficient (Wildman–Crippen LogP) is -6.50. The summed E-state index contributed by atoms with van der Waals surface area (Å²) >= 11 is 0. The SMILES string of the molecule is O=C(CO)NCCn1c(=O)n(CCNC(=O)CO)c(=O)n(CCNC(=O)CO)c1=O. The summed E-state index contributed by atoms with van der Waals surface area (Å²) in [6, 6.07) is 0. The average molecular weight is 432 g/mol. The highest BCUT2D eigenvalue weighted by Gasteiger charge is 2.16. The maximum absolute atomic E-state index is 12.6. The lowest BCUT2D eigenvalue weighted by atomic mass is 10.5. The molecule has 0 saturated heterocycles. The van der Waals surface area contributed by atoms with Gasteiger partial charge in [-0.1, -0.05) is 0 Å². The highest BCUT2D eigenvalue weighted by Crippen LogP contribution is 1.79. The fourth-order valence-corrected chi connectivity index (χ4v) is 2.35. The van der Waals surface area contributed by atoms with Crippen molar-refractivity contribution in [1.82, 2.24) is 29.7 Å². The van der Waals surface area contributed by atoms with Crippen molar-refractivity contribution in [3.05, 3.63) is 31.5 Å². The van der Waals surface area contributed by atoms with Crippen LogP contribution in [0, 0.1) is 0 Å². The number of aliphatic hydroxyl groups excluding tert-OH is 3. The molecule has 0 saturated carbocycles. The van der Waals surface area contributed by atoms with Gasteiger partial charge in [-0.2, -0.15) is 0 Å². The Hall–Kier alpha value is -3.30. The van der Waals surface area contributed by atoms with E-state index in [1.165, 1.54) is 0 Å². The van der Waals surface area contributed by atoms with Gasteiger partial charge in [0.2, 0.25) is 17.7 Å². The molecular weight excluding hydrogens is 408 g/mol. The van der Waals surface area contributed by atoms with Crippen LogP contribution >= 0.6 is 0 Å². The van der Waals surface area contributed by atoms with Gasteiger partial charge in [0.25, 0.3) is 0 Å². The van der Waals surface area contributed by atoms with Gasteiger partial charge in [0.15, 0.2) is 0 Å². The second-order valence-corrected chi connectivity index (χ2v) is 5.83. The van der Waals surface area contributed by atoms with Gasteiger partial charge in [0.05, 0.1) is 0 Å². The quantitative estimate of drug-likeness (QED) is 0.185. The van der Waals surface area contributed by atoms with Gasteiger partial charge in [-0.25, -0.2) is 28.1 Å². The molecule has 30 heavy (non-hydrogen) atoms. The van der Waals surface area contributed by atoms with E-state index in [-0.39, 0.29) is 39.3 Å². The highest BCUT2D eigenvalue weighted by molar-refractivity contribution is 5.77. The zero-order valence-electron chi connectivity index (χ0n) is 16.0. The molecule has 0 aliphatic carbocycles. The zero-order valence-corrected chi connectivity index (χ0v) is 16.0. The minimum Gasteiger partial charge on any atom is -0.387 e. The third-order valence-corrected chi connectivity index (χ3v) is 3.79. The first-order valence-electron chi connectivity index (χ1n) is 8.84. The van der Waals surface area contributed by atoms with E-state index >= 15 is 0 Å². The fourth-order valence-electron chi connectivity index (χ4n) is 2.35. The van der Waals surface area contributed by atoms with Gasteiger partial charge in [0.1, 0.15) is 19.8 Å². The van der Waals surface area contributed by atoms with E-state index in [1.54, 1.807) is 0 Å². The van der Waals surface area contributed by atoms with Gasteiger partial charge in [0, 0.05) is 39.3 Å². The lowest BCUT2D eigenvalue weighted by molar-refractivity contribution is -0.124. The van der Waals surface area contributed by atoms with Crippen molar-refractivity contribution >= 4 is 17.7 Å². The normalized spacial score (nSPS) is 10.5. The third kappa shape index (κ3) is 6.94. The minimum atomic E-state index is -0.989. The summed E-state index contributed by atoms with van der Waals surface area (Å²) in [6.45, 7) is -3.84. The van der Waals surface area contributed by atoms with Crippen LogP contribution in [0.25, 0.3) is 0 Å². The number of aliphatic hydroxyl groups is 3. The number of hydrogen-bond acceptors (Lipinski definition) is 9. The monoisotopic (exact) mass is 432 g/mol. The van der Waals surface area contributed by atoms with E-state index < -0.39 is 54.6 Å². The molecule has 1 heterocycles. The molecule has 0 bridgehead atoms. The fraction of sp³-hybridized carbons (Fsp3) is 0.600. The van der Waals surface area contributed by atoms with Crippen molar-refractivity contribution in [3.63, 3.8) is 0 Å². The number of rotatable bonds is 12. The summed E-state index contributed by atoms with van der Waals surface area (Å²) in [4.78, 5) is 71.1. The van der Waals surface area contributed by atoms with Gasteiger partial charge in [-0.3, -0.25) is 14.4 Å². The van der Waals surface area contributed by atoms with Gasteiger partial charge in [-0.15, -0.1) is 0 Å². The Kier molecular flexibility index (Phi) is 10.1.